The third-order valence-corrected chi connectivity index (χ3v) is 2.04. The van der Waals surface area contributed by atoms with Crippen LogP contribution in [0.1, 0.15) is 5.56 Å². The Labute approximate surface area is 81.6 Å². The van der Waals surface area contributed by atoms with Crippen LogP contribution in [0.25, 0.3) is 11.3 Å². The monoisotopic (exact) mass is 189 g/mol. The van der Waals surface area contributed by atoms with Gasteiger partial charge in [-0.05, 0) is 11.6 Å². The van der Waals surface area contributed by atoms with E-state index in [1.807, 2.05) is 13.1 Å². The lowest BCUT2D eigenvalue weighted by atomic mass is 10.1. The molecule has 0 saturated carbocycles. The number of hydrogen-bond acceptors (Lipinski definition) is 4. The first-order valence-electron chi connectivity index (χ1n) is 4.30. The zero-order chi connectivity index (χ0) is 9.97. The highest BCUT2D eigenvalue weighted by Gasteiger charge is 2.03. The Morgan fingerprint density at radius 3 is 2.86 bits per heavy atom. The van der Waals surface area contributed by atoms with Crippen molar-refractivity contribution in [1.29, 1.82) is 0 Å². The molecular weight excluding hydrogens is 178 g/mol. The summed E-state index contributed by atoms with van der Waals surface area (Å²) in [7, 11) is 1.84. The van der Waals surface area contributed by atoms with E-state index in [9.17, 15) is 0 Å². The van der Waals surface area contributed by atoms with E-state index >= 15 is 0 Å². The smallest absolute Gasteiger partial charge is 0.0897 e. The topological polar surface area (TPSA) is 69.6 Å². The van der Waals surface area contributed by atoms with Gasteiger partial charge in [0.2, 0.25) is 0 Å². The van der Waals surface area contributed by atoms with Gasteiger partial charge in [-0.2, -0.15) is 0 Å². The SMILES string of the molecule is Cn1nncc1-c1cncc(CN)c1. The summed E-state index contributed by atoms with van der Waals surface area (Å²) >= 11 is 0. The average Bonchev–Trinajstić information content (AvgIpc) is 2.65. The summed E-state index contributed by atoms with van der Waals surface area (Å²) in [6, 6.07) is 1.99. The summed E-state index contributed by atoms with van der Waals surface area (Å²) in [5.41, 5.74) is 8.46. The van der Waals surface area contributed by atoms with Crippen LogP contribution in [0.4, 0.5) is 0 Å². The molecule has 0 amide bonds. The Morgan fingerprint density at radius 1 is 1.36 bits per heavy atom. The molecule has 2 heterocycles. The lowest BCUT2D eigenvalue weighted by molar-refractivity contribution is 0.720. The van der Waals surface area contributed by atoms with Crippen LogP contribution in [0.5, 0.6) is 0 Å². The van der Waals surface area contributed by atoms with E-state index in [1.54, 1.807) is 23.3 Å². The average molecular weight is 189 g/mol. The molecule has 14 heavy (non-hydrogen) atoms. The largest absolute Gasteiger partial charge is 0.326 e. The van der Waals surface area contributed by atoms with E-state index < -0.39 is 0 Å². The molecule has 5 heteroatoms. The van der Waals surface area contributed by atoms with Crippen LogP contribution < -0.4 is 5.73 Å². The zero-order valence-electron chi connectivity index (χ0n) is 7.88. The number of nitrogens with zero attached hydrogens (tertiary/aromatic N) is 4. The molecule has 0 aromatic carbocycles. The molecule has 72 valence electrons. The fraction of sp³-hybridized carbons (Fsp3) is 0.222. The van der Waals surface area contributed by atoms with Crippen molar-refractivity contribution in [1.82, 2.24) is 20.0 Å². The minimum Gasteiger partial charge on any atom is -0.326 e. The second kappa shape index (κ2) is 3.55. The van der Waals surface area contributed by atoms with Crippen molar-refractivity contribution < 1.29 is 0 Å². The molecule has 0 aliphatic heterocycles. The molecule has 0 saturated heterocycles. The molecule has 0 unspecified atom stereocenters. The van der Waals surface area contributed by atoms with Crippen LogP contribution in [0, 0.1) is 0 Å². The third-order valence-electron chi connectivity index (χ3n) is 2.04. The number of aryl methyl sites for hydroxylation is 1. The lowest BCUT2D eigenvalue weighted by Crippen LogP contribution is -1.99. The van der Waals surface area contributed by atoms with Crippen molar-refractivity contribution in [2.75, 3.05) is 0 Å². The molecular formula is C9H11N5. The van der Waals surface area contributed by atoms with E-state index in [0.29, 0.717) is 6.54 Å². The maximum atomic E-state index is 5.53. The predicted molar refractivity (Wildman–Crippen MR) is 52.1 cm³/mol. The van der Waals surface area contributed by atoms with Gasteiger partial charge in [-0.1, -0.05) is 5.21 Å². The van der Waals surface area contributed by atoms with Crippen molar-refractivity contribution in [3.8, 4) is 11.3 Å². The highest BCUT2D eigenvalue weighted by Crippen LogP contribution is 2.16. The van der Waals surface area contributed by atoms with E-state index in [1.165, 1.54) is 0 Å². The first-order chi connectivity index (χ1) is 6.81. The Bertz CT molecular complexity index is 434. The first-order valence-corrected chi connectivity index (χ1v) is 4.30. The van der Waals surface area contributed by atoms with Gasteiger partial charge in [-0.3, -0.25) is 4.98 Å². The van der Waals surface area contributed by atoms with Gasteiger partial charge in [0, 0.05) is 31.5 Å². The predicted octanol–water partition coefficient (Wildman–Crippen LogP) is 0.336. The molecule has 2 rings (SSSR count). The Kier molecular flexibility index (Phi) is 2.24. The molecule has 0 bridgehead atoms. The molecule has 0 radical (unpaired) electrons. The third kappa shape index (κ3) is 1.49. The number of pyridine rings is 1. The van der Waals surface area contributed by atoms with Crippen LogP contribution in [-0.4, -0.2) is 20.0 Å². The molecule has 0 aliphatic carbocycles. The lowest BCUT2D eigenvalue weighted by Gasteiger charge is -2.01. The quantitative estimate of drug-likeness (QED) is 0.739. The van der Waals surface area contributed by atoms with Gasteiger partial charge in [0.1, 0.15) is 0 Å². The number of aromatic nitrogens is 4. The Morgan fingerprint density at radius 2 is 2.21 bits per heavy atom. The van der Waals surface area contributed by atoms with E-state index in [4.69, 9.17) is 5.73 Å². The van der Waals surface area contributed by atoms with Gasteiger partial charge in [0.15, 0.2) is 0 Å². The van der Waals surface area contributed by atoms with Crippen LogP contribution in [0.15, 0.2) is 24.7 Å². The summed E-state index contributed by atoms with van der Waals surface area (Å²) in [6.45, 7) is 0.492. The molecule has 2 aromatic rings. The summed E-state index contributed by atoms with van der Waals surface area (Å²) < 4.78 is 1.71. The van der Waals surface area contributed by atoms with Crippen molar-refractivity contribution >= 4 is 0 Å². The van der Waals surface area contributed by atoms with E-state index in [-0.39, 0.29) is 0 Å². The highest BCUT2D eigenvalue weighted by atomic mass is 15.4. The normalized spacial score (nSPS) is 10.4. The maximum Gasteiger partial charge on any atom is 0.0897 e. The molecule has 0 fully saturated rings. The Balaban J connectivity index is 2.47. The molecule has 2 N–H and O–H groups in total. The summed E-state index contributed by atoms with van der Waals surface area (Å²) in [5, 5.41) is 7.66. The van der Waals surface area contributed by atoms with Crippen molar-refractivity contribution in [3.63, 3.8) is 0 Å². The van der Waals surface area contributed by atoms with Crippen molar-refractivity contribution in [2.45, 2.75) is 6.54 Å². The standard InChI is InChI=1S/C9H11N5/c1-14-9(6-12-13-14)8-2-7(3-10)4-11-5-8/h2,4-6H,3,10H2,1H3. The van der Waals surface area contributed by atoms with Crippen LogP contribution in [0.3, 0.4) is 0 Å². The molecule has 0 atom stereocenters. The molecule has 0 aliphatic rings. The van der Waals surface area contributed by atoms with Gasteiger partial charge in [-0.25, -0.2) is 4.68 Å². The van der Waals surface area contributed by atoms with Crippen LogP contribution in [-0.2, 0) is 13.6 Å². The van der Waals surface area contributed by atoms with E-state index in [2.05, 4.69) is 15.3 Å². The van der Waals surface area contributed by atoms with Gasteiger partial charge in [0.25, 0.3) is 0 Å². The minimum atomic E-state index is 0.492. The van der Waals surface area contributed by atoms with Crippen molar-refractivity contribution in [3.05, 3.63) is 30.2 Å². The number of hydrogen-bond donors (Lipinski definition) is 1. The first kappa shape index (κ1) is 8.83. The fourth-order valence-corrected chi connectivity index (χ4v) is 1.29. The van der Waals surface area contributed by atoms with Crippen LogP contribution in [0.2, 0.25) is 0 Å². The number of nitrogens with two attached hydrogens (primary N) is 1. The number of rotatable bonds is 2. The second-order valence-electron chi connectivity index (χ2n) is 3.03. The zero-order valence-corrected chi connectivity index (χ0v) is 7.88. The maximum absolute atomic E-state index is 5.53. The second-order valence-corrected chi connectivity index (χ2v) is 3.03. The van der Waals surface area contributed by atoms with E-state index in [0.717, 1.165) is 16.8 Å². The van der Waals surface area contributed by atoms with Gasteiger partial charge in [0.05, 0.1) is 11.9 Å². The highest BCUT2D eigenvalue weighted by molar-refractivity contribution is 5.57. The Hall–Kier alpha value is -1.75. The molecule has 0 spiro atoms. The summed E-state index contributed by atoms with van der Waals surface area (Å²) in [4.78, 5) is 4.10. The van der Waals surface area contributed by atoms with Gasteiger partial charge < -0.3 is 5.73 Å². The van der Waals surface area contributed by atoms with Gasteiger partial charge >= 0.3 is 0 Å². The summed E-state index contributed by atoms with van der Waals surface area (Å²) in [5.74, 6) is 0. The van der Waals surface area contributed by atoms with Gasteiger partial charge in [-0.15, -0.1) is 5.10 Å². The fourth-order valence-electron chi connectivity index (χ4n) is 1.29. The summed E-state index contributed by atoms with van der Waals surface area (Å²) in [6.07, 6.45) is 5.24. The molecule has 5 nitrogen and oxygen atoms in total. The minimum absolute atomic E-state index is 0.492. The van der Waals surface area contributed by atoms with Crippen LogP contribution >= 0.6 is 0 Å². The van der Waals surface area contributed by atoms with Crippen molar-refractivity contribution in [2.24, 2.45) is 12.8 Å². The molecule has 2 aromatic heterocycles.